The van der Waals surface area contributed by atoms with Crippen molar-refractivity contribution in [3.63, 3.8) is 0 Å². The van der Waals surface area contributed by atoms with Gasteiger partial charge in [0, 0.05) is 61.6 Å². The predicted molar refractivity (Wildman–Crippen MR) is 113 cm³/mol. The summed E-state index contributed by atoms with van der Waals surface area (Å²) >= 11 is 0. The first-order valence-electron chi connectivity index (χ1n) is 9.93. The number of amides is 1. The lowest BCUT2D eigenvalue weighted by Gasteiger charge is -2.33. The van der Waals surface area contributed by atoms with Gasteiger partial charge in [0.25, 0.3) is 0 Å². The van der Waals surface area contributed by atoms with Crippen molar-refractivity contribution in [2.24, 2.45) is 5.92 Å². The number of rotatable bonds is 6. The van der Waals surface area contributed by atoms with Crippen LogP contribution in [0.3, 0.4) is 0 Å². The molecule has 1 aliphatic heterocycles. The van der Waals surface area contributed by atoms with Crippen molar-refractivity contribution in [3.05, 3.63) is 48.3 Å². The Kier molecular flexibility index (Phi) is 6.32. The molecular formula is C22H30N4O. The van der Waals surface area contributed by atoms with Crippen LogP contribution in [-0.2, 0) is 4.79 Å². The summed E-state index contributed by atoms with van der Waals surface area (Å²) in [7, 11) is 0. The van der Waals surface area contributed by atoms with Crippen LogP contribution >= 0.6 is 0 Å². The third-order valence-electron chi connectivity index (χ3n) is 5.49. The first-order valence-corrected chi connectivity index (χ1v) is 9.93. The molecule has 0 atom stereocenters. The molecule has 0 unspecified atom stereocenters. The van der Waals surface area contributed by atoms with Crippen molar-refractivity contribution in [1.29, 1.82) is 0 Å². The number of aromatic nitrogens is 1. The molecule has 0 aliphatic carbocycles. The fourth-order valence-corrected chi connectivity index (χ4v) is 3.76. The van der Waals surface area contributed by atoms with E-state index in [-0.39, 0.29) is 11.8 Å². The number of nitrogens with one attached hydrogen (secondary N) is 1. The highest BCUT2D eigenvalue weighted by molar-refractivity contribution is 5.93. The largest absolute Gasteiger partial charge is 0.372 e. The third-order valence-corrected chi connectivity index (χ3v) is 5.49. The van der Waals surface area contributed by atoms with Crippen LogP contribution in [0.25, 0.3) is 0 Å². The van der Waals surface area contributed by atoms with E-state index in [4.69, 9.17) is 0 Å². The Hall–Kier alpha value is -2.56. The number of carbonyl (C=O) groups excluding carboxylic acids is 1. The van der Waals surface area contributed by atoms with Gasteiger partial charge in [-0.1, -0.05) is 0 Å². The smallest absolute Gasteiger partial charge is 0.227 e. The molecule has 144 valence electrons. The van der Waals surface area contributed by atoms with E-state index in [1.165, 1.54) is 11.4 Å². The van der Waals surface area contributed by atoms with Crippen LogP contribution in [-0.4, -0.2) is 37.1 Å². The Morgan fingerprint density at radius 1 is 1.15 bits per heavy atom. The van der Waals surface area contributed by atoms with E-state index in [2.05, 4.69) is 53.0 Å². The summed E-state index contributed by atoms with van der Waals surface area (Å²) in [5, 5.41) is 3.15. The van der Waals surface area contributed by atoms with Gasteiger partial charge in [0.05, 0.1) is 0 Å². The zero-order valence-electron chi connectivity index (χ0n) is 16.6. The van der Waals surface area contributed by atoms with Crippen LogP contribution in [0, 0.1) is 12.8 Å². The zero-order chi connectivity index (χ0) is 19.2. The fraction of sp³-hybridized carbons (Fsp3) is 0.455. The Bertz CT molecular complexity index is 750. The summed E-state index contributed by atoms with van der Waals surface area (Å²) in [5.74, 6) is 0.216. The molecule has 1 aromatic carbocycles. The minimum atomic E-state index is 0.0740. The number of benzene rings is 1. The van der Waals surface area contributed by atoms with Gasteiger partial charge in [-0.25, -0.2) is 0 Å². The number of piperidine rings is 1. The van der Waals surface area contributed by atoms with Crippen molar-refractivity contribution in [2.45, 2.75) is 33.6 Å². The van der Waals surface area contributed by atoms with E-state index in [1.807, 2.05) is 30.6 Å². The Labute approximate surface area is 162 Å². The van der Waals surface area contributed by atoms with Crippen molar-refractivity contribution in [3.8, 4) is 0 Å². The molecule has 0 spiro atoms. The van der Waals surface area contributed by atoms with E-state index in [9.17, 15) is 4.79 Å². The van der Waals surface area contributed by atoms with Crippen LogP contribution < -0.4 is 15.1 Å². The van der Waals surface area contributed by atoms with Gasteiger partial charge in [0.15, 0.2) is 0 Å². The van der Waals surface area contributed by atoms with Gasteiger partial charge in [-0.15, -0.1) is 0 Å². The minimum Gasteiger partial charge on any atom is -0.372 e. The fourth-order valence-electron chi connectivity index (χ4n) is 3.76. The molecule has 3 rings (SSSR count). The summed E-state index contributed by atoms with van der Waals surface area (Å²) in [6.45, 7) is 10.2. The summed E-state index contributed by atoms with van der Waals surface area (Å²) in [5.41, 5.74) is 4.43. The van der Waals surface area contributed by atoms with E-state index >= 15 is 0 Å². The molecule has 27 heavy (non-hydrogen) atoms. The molecule has 1 saturated heterocycles. The highest BCUT2D eigenvalue weighted by Crippen LogP contribution is 2.26. The monoisotopic (exact) mass is 366 g/mol. The predicted octanol–water partition coefficient (Wildman–Crippen LogP) is 4.09. The first kappa shape index (κ1) is 19.2. The summed E-state index contributed by atoms with van der Waals surface area (Å²) < 4.78 is 0. The molecule has 2 heterocycles. The van der Waals surface area contributed by atoms with Crippen molar-refractivity contribution in [2.75, 3.05) is 41.3 Å². The topological polar surface area (TPSA) is 48.5 Å². The number of carbonyl (C=O) groups is 1. The normalized spacial score (nSPS) is 14.9. The molecule has 5 nitrogen and oxygen atoms in total. The second-order valence-electron chi connectivity index (χ2n) is 7.13. The second-order valence-corrected chi connectivity index (χ2v) is 7.13. The lowest BCUT2D eigenvalue weighted by atomic mass is 9.95. The quantitative estimate of drug-likeness (QED) is 0.836. The summed E-state index contributed by atoms with van der Waals surface area (Å²) in [6.07, 6.45) is 5.40. The molecule has 5 heteroatoms. The van der Waals surface area contributed by atoms with E-state index in [0.717, 1.165) is 50.3 Å². The van der Waals surface area contributed by atoms with Gasteiger partial charge in [0.2, 0.25) is 5.91 Å². The van der Waals surface area contributed by atoms with Crippen molar-refractivity contribution < 1.29 is 4.79 Å². The SMILES string of the molecule is CCN(CC)c1ccc(NC(=O)C2CCN(c3ccncc3)CC2)c(C)c1. The maximum absolute atomic E-state index is 12.7. The number of hydrogen-bond acceptors (Lipinski definition) is 4. The van der Waals surface area contributed by atoms with Gasteiger partial charge in [-0.3, -0.25) is 9.78 Å². The summed E-state index contributed by atoms with van der Waals surface area (Å²) in [4.78, 5) is 21.5. The van der Waals surface area contributed by atoms with Gasteiger partial charge in [-0.05, 0) is 69.5 Å². The van der Waals surface area contributed by atoms with Gasteiger partial charge >= 0.3 is 0 Å². The zero-order valence-corrected chi connectivity index (χ0v) is 16.6. The van der Waals surface area contributed by atoms with Gasteiger partial charge in [0.1, 0.15) is 0 Å². The molecule has 1 aliphatic rings. The third kappa shape index (κ3) is 4.59. The average Bonchev–Trinajstić information content (AvgIpc) is 2.71. The lowest BCUT2D eigenvalue weighted by Crippen LogP contribution is -2.38. The Balaban J connectivity index is 1.58. The van der Waals surface area contributed by atoms with E-state index < -0.39 is 0 Å². The molecule has 1 fully saturated rings. The first-order chi connectivity index (χ1) is 13.1. The second kappa shape index (κ2) is 8.89. The minimum absolute atomic E-state index is 0.0740. The van der Waals surface area contributed by atoms with Crippen LogP contribution in [0.1, 0.15) is 32.3 Å². The van der Waals surface area contributed by atoms with Crippen molar-refractivity contribution >= 4 is 23.0 Å². The number of anilines is 3. The molecule has 2 aromatic rings. The molecule has 0 bridgehead atoms. The number of hydrogen-bond donors (Lipinski definition) is 1. The van der Waals surface area contributed by atoms with Gasteiger partial charge in [-0.2, -0.15) is 0 Å². The highest BCUT2D eigenvalue weighted by atomic mass is 16.1. The molecular weight excluding hydrogens is 336 g/mol. The van der Waals surface area contributed by atoms with Gasteiger partial charge < -0.3 is 15.1 Å². The highest BCUT2D eigenvalue weighted by Gasteiger charge is 2.25. The molecule has 1 amide bonds. The Morgan fingerprint density at radius 2 is 1.81 bits per heavy atom. The van der Waals surface area contributed by atoms with Crippen LogP contribution in [0.4, 0.5) is 17.1 Å². The molecule has 0 radical (unpaired) electrons. The van der Waals surface area contributed by atoms with Crippen LogP contribution in [0.5, 0.6) is 0 Å². The maximum Gasteiger partial charge on any atom is 0.227 e. The van der Waals surface area contributed by atoms with E-state index in [0.29, 0.717) is 0 Å². The van der Waals surface area contributed by atoms with E-state index in [1.54, 1.807) is 0 Å². The maximum atomic E-state index is 12.7. The molecule has 0 saturated carbocycles. The summed E-state index contributed by atoms with van der Waals surface area (Å²) in [6, 6.07) is 10.4. The number of nitrogens with zero attached hydrogens (tertiary/aromatic N) is 3. The number of pyridine rings is 1. The average molecular weight is 367 g/mol. The van der Waals surface area contributed by atoms with Crippen LogP contribution in [0.15, 0.2) is 42.7 Å². The number of aryl methyl sites for hydroxylation is 1. The van der Waals surface area contributed by atoms with Crippen LogP contribution in [0.2, 0.25) is 0 Å². The lowest BCUT2D eigenvalue weighted by molar-refractivity contribution is -0.120. The standard InChI is InChI=1S/C22H30N4O/c1-4-25(5-2)20-6-7-21(17(3)16-20)24-22(27)18-10-14-26(15-11-18)19-8-12-23-13-9-19/h6-9,12-13,16,18H,4-5,10-11,14-15H2,1-3H3,(H,24,27). The molecule has 1 N–H and O–H groups in total. The Morgan fingerprint density at radius 3 is 2.41 bits per heavy atom. The van der Waals surface area contributed by atoms with Crippen molar-refractivity contribution in [1.82, 2.24) is 4.98 Å². The molecule has 1 aromatic heterocycles.